The second-order valence-corrected chi connectivity index (χ2v) is 8.31. The topological polar surface area (TPSA) is 67.5 Å². The van der Waals surface area contributed by atoms with E-state index in [0.29, 0.717) is 31.2 Å². The van der Waals surface area contributed by atoms with Crippen LogP contribution in [0.2, 0.25) is 0 Å². The Kier molecular flexibility index (Phi) is 6.13. The molecule has 0 N–H and O–H groups in total. The van der Waals surface area contributed by atoms with Crippen LogP contribution in [0.4, 0.5) is 4.79 Å². The van der Waals surface area contributed by atoms with E-state index in [4.69, 9.17) is 14.7 Å². The Balaban J connectivity index is 1.43. The predicted octanol–water partition coefficient (Wildman–Crippen LogP) is 5.14. The molecule has 0 bridgehead atoms. The monoisotopic (exact) mass is 417 g/mol. The number of benzene rings is 2. The smallest absolute Gasteiger partial charge is 0.409 e. The number of rotatable bonds is 5. The fourth-order valence-corrected chi connectivity index (χ4v) is 3.83. The molecule has 3 aromatic rings. The summed E-state index contributed by atoms with van der Waals surface area (Å²) in [6.45, 7) is 5.80. The number of carbonyl (C=O) groups is 1. The summed E-state index contributed by atoms with van der Waals surface area (Å²) in [6.07, 6.45) is 3.42. The molecule has 1 aromatic heterocycles. The Hall–Kier alpha value is -3.46. The molecule has 1 saturated heterocycles. The third-order valence-electron chi connectivity index (χ3n) is 5.50. The molecule has 0 saturated carbocycles. The minimum Gasteiger partial charge on any atom is -0.490 e. The number of hydrogen-bond donors (Lipinski definition) is 0. The Bertz CT molecular complexity index is 1090. The van der Waals surface area contributed by atoms with E-state index in [9.17, 15) is 4.79 Å². The van der Waals surface area contributed by atoms with Crippen LogP contribution >= 0.6 is 0 Å². The zero-order valence-corrected chi connectivity index (χ0v) is 18.0. The standard InChI is InChI=1S/C25H27N3O3/c1-18(2)17-30-25(29)27-13-10-21(11-14-27)31-24-5-3-4-23-22(24)12-15-28(23)20-8-6-19(16-26)7-9-20/h3-9,12,15,18,21H,10-11,13-14,17H2,1-2H3. The molecule has 6 heteroatoms. The molecule has 2 aromatic carbocycles. The van der Waals surface area contributed by atoms with E-state index in [1.165, 1.54) is 0 Å². The van der Waals surface area contributed by atoms with Gasteiger partial charge in [0.1, 0.15) is 11.9 Å². The zero-order chi connectivity index (χ0) is 21.8. The highest BCUT2D eigenvalue weighted by molar-refractivity contribution is 5.88. The van der Waals surface area contributed by atoms with Gasteiger partial charge in [0.15, 0.2) is 0 Å². The second kappa shape index (κ2) is 9.13. The van der Waals surface area contributed by atoms with Gasteiger partial charge in [-0.1, -0.05) is 19.9 Å². The number of fused-ring (bicyclic) bond motifs is 1. The molecule has 2 heterocycles. The summed E-state index contributed by atoms with van der Waals surface area (Å²) in [5.41, 5.74) is 2.69. The third-order valence-corrected chi connectivity index (χ3v) is 5.50. The van der Waals surface area contributed by atoms with Gasteiger partial charge < -0.3 is 18.9 Å². The number of aromatic nitrogens is 1. The molecular formula is C25H27N3O3. The summed E-state index contributed by atoms with van der Waals surface area (Å²) < 4.78 is 13.8. The van der Waals surface area contributed by atoms with Gasteiger partial charge in [-0.05, 0) is 48.4 Å². The van der Waals surface area contributed by atoms with Crippen LogP contribution in [0.3, 0.4) is 0 Å². The zero-order valence-electron chi connectivity index (χ0n) is 18.0. The molecule has 0 spiro atoms. The number of likely N-dealkylation sites (tertiary alicyclic amines) is 1. The number of piperidine rings is 1. The highest BCUT2D eigenvalue weighted by atomic mass is 16.6. The van der Waals surface area contributed by atoms with Gasteiger partial charge in [-0.3, -0.25) is 0 Å². The van der Waals surface area contributed by atoms with Crippen molar-refractivity contribution < 1.29 is 14.3 Å². The molecule has 160 valence electrons. The molecule has 4 rings (SSSR count). The van der Waals surface area contributed by atoms with E-state index in [1.54, 1.807) is 4.90 Å². The molecule has 0 radical (unpaired) electrons. The number of amides is 1. The van der Waals surface area contributed by atoms with Crippen molar-refractivity contribution in [3.63, 3.8) is 0 Å². The van der Waals surface area contributed by atoms with Crippen LogP contribution in [0.5, 0.6) is 5.75 Å². The van der Waals surface area contributed by atoms with Gasteiger partial charge in [-0.25, -0.2) is 4.79 Å². The average molecular weight is 418 g/mol. The van der Waals surface area contributed by atoms with Crippen molar-refractivity contribution in [3.8, 4) is 17.5 Å². The quantitative estimate of drug-likeness (QED) is 0.577. The first-order chi connectivity index (χ1) is 15.0. The van der Waals surface area contributed by atoms with Gasteiger partial charge in [0, 0.05) is 43.2 Å². The van der Waals surface area contributed by atoms with Crippen LogP contribution in [0.1, 0.15) is 32.3 Å². The van der Waals surface area contributed by atoms with E-state index < -0.39 is 0 Å². The van der Waals surface area contributed by atoms with Crippen molar-refractivity contribution in [3.05, 3.63) is 60.3 Å². The normalized spacial score (nSPS) is 14.6. The molecule has 1 aliphatic rings. The van der Waals surface area contributed by atoms with Crippen LogP contribution in [0.15, 0.2) is 54.7 Å². The summed E-state index contributed by atoms with van der Waals surface area (Å²) in [4.78, 5) is 13.9. The van der Waals surface area contributed by atoms with Gasteiger partial charge >= 0.3 is 6.09 Å². The Morgan fingerprint density at radius 1 is 1.13 bits per heavy atom. The van der Waals surface area contributed by atoms with Crippen molar-refractivity contribution in [2.75, 3.05) is 19.7 Å². The van der Waals surface area contributed by atoms with Crippen molar-refractivity contribution in [2.45, 2.75) is 32.8 Å². The summed E-state index contributed by atoms with van der Waals surface area (Å²) in [7, 11) is 0. The molecule has 31 heavy (non-hydrogen) atoms. The van der Waals surface area contributed by atoms with Gasteiger partial charge in [0.05, 0.1) is 23.8 Å². The lowest BCUT2D eigenvalue weighted by Crippen LogP contribution is -2.42. The molecule has 1 fully saturated rings. The maximum absolute atomic E-state index is 12.2. The Morgan fingerprint density at radius 3 is 2.55 bits per heavy atom. The summed E-state index contributed by atoms with van der Waals surface area (Å²) in [5, 5.41) is 10.1. The lowest BCUT2D eigenvalue weighted by Gasteiger charge is -2.31. The van der Waals surface area contributed by atoms with Gasteiger partial charge in [0.25, 0.3) is 0 Å². The van der Waals surface area contributed by atoms with Crippen molar-refractivity contribution in [1.29, 1.82) is 5.26 Å². The van der Waals surface area contributed by atoms with Crippen molar-refractivity contribution >= 4 is 17.0 Å². The van der Waals surface area contributed by atoms with E-state index in [1.807, 2.05) is 56.4 Å². The number of nitriles is 1. The second-order valence-electron chi connectivity index (χ2n) is 8.31. The van der Waals surface area contributed by atoms with Crippen molar-refractivity contribution in [1.82, 2.24) is 9.47 Å². The molecule has 0 unspecified atom stereocenters. The molecule has 0 aliphatic carbocycles. The third kappa shape index (κ3) is 4.66. The fourth-order valence-electron chi connectivity index (χ4n) is 3.83. The van der Waals surface area contributed by atoms with Gasteiger partial charge in [0.2, 0.25) is 0 Å². The van der Waals surface area contributed by atoms with Crippen LogP contribution < -0.4 is 4.74 Å². The Morgan fingerprint density at radius 2 is 1.87 bits per heavy atom. The molecule has 0 atom stereocenters. The first-order valence-electron chi connectivity index (χ1n) is 10.7. The molecule has 1 aliphatic heterocycles. The van der Waals surface area contributed by atoms with E-state index in [2.05, 4.69) is 22.8 Å². The number of carbonyl (C=O) groups excluding carboxylic acids is 1. The number of nitrogens with zero attached hydrogens (tertiary/aromatic N) is 3. The SMILES string of the molecule is CC(C)COC(=O)N1CCC(Oc2cccc3c2ccn3-c2ccc(C#N)cc2)CC1. The van der Waals surface area contributed by atoms with Crippen LogP contribution in [0.25, 0.3) is 16.6 Å². The minimum atomic E-state index is -0.228. The number of hydrogen-bond acceptors (Lipinski definition) is 4. The van der Waals surface area contributed by atoms with E-state index in [-0.39, 0.29) is 12.2 Å². The van der Waals surface area contributed by atoms with Gasteiger partial charge in [-0.15, -0.1) is 0 Å². The maximum atomic E-state index is 12.2. The fraction of sp³-hybridized carbons (Fsp3) is 0.360. The summed E-state index contributed by atoms with van der Waals surface area (Å²) >= 11 is 0. The first kappa shape index (κ1) is 20.8. The predicted molar refractivity (Wildman–Crippen MR) is 119 cm³/mol. The van der Waals surface area contributed by atoms with Crippen molar-refractivity contribution in [2.24, 2.45) is 5.92 Å². The Labute approximate surface area is 182 Å². The maximum Gasteiger partial charge on any atom is 0.409 e. The lowest BCUT2D eigenvalue weighted by atomic mass is 10.1. The highest BCUT2D eigenvalue weighted by Crippen LogP contribution is 2.31. The molecular weight excluding hydrogens is 390 g/mol. The molecule has 6 nitrogen and oxygen atoms in total. The summed E-state index contributed by atoms with van der Waals surface area (Å²) in [5.74, 6) is 1.19. The van der Waals surface area contributed by atoms with E-state index in [0.717, 1.165) is 35.2 Å². The van der Waals surface area contributed by atoms with E-state index >= 15 is 0 Å². The average Bonchev–Trinajstić information content (AvgIpc) is 3.23. The largest absolute Gasteiger partial charge is 0.490 e. The highest BCUT2D eigenvalue weighted by Gasteiger charge is 2.25. The van der Waals surface area contributed by atoms with Crippen LogP contribution in [-0.4, -0.2) is 41.4 Å². The molecule has 1 amide bonds. The van der Waals surface area contributed by atoms with Crippen LogP contribution in [0, 0.1) is 17.2 Å². The number of ether oxygens (including phenoxy) is 2. The minimum absolute atomic E-state index is 0.0676. The van der Waals surface area contributed by atoms with Crippen LogP contribution in [-0.2, 0) is 4.74 Å². The van der Waals surface area contributed by atoms with Gasteiger partial charge in [-0.2, -0.15) is 5.26 Å². The summed E-state index contributed by atoms with van der Waals surface area (Å²) in [6, 6.07) is 17.8. The lowest BCUT2D eigenvalue weighted by molar-refractivity contribution is 0.0622. The first-order valence-corrected chi connectivity index (χ1v) is 10.7.